The molecule has 0 spiro atoms. The second kappa shape index (κ2) is 13.8. The van der Waals surface area contributed by atoms with E-state index in [4.69, 9.17) is 18.7 Å². The summed E-state index contributed by atoms with van der Waals surface area (Å²) in [5.74, 6) is -4.34. The van der Waals surface area contributed by atoms with Crippen molar-refractivity contribution in [3.8, 4) is 39.8 Å². The van der Waals surface area contributed by atoms with Crippen LogP contribution in [-0.2, 0) is 26.0 Å². The quantitative estimate of drug-likeness (QED) is 0.110. The maximum absolute atomic E-state index is 14.5. The minimum Gasteiger partial charge on any atom is -0.494 e. The first-order valence-electron chi connectivity index (χ1n) is 14.3. The van der Waals surface area contributed by atoms with Crippen molar-refractivity contribution in [2.75, 3.05) is 33.5 Å². The number of carboxylic acid groups (broad SMARTS) is 1. The fourth-order valence-electron chi connectivity index (χ4n) is 4.84. The van der Waals surface area contributed by atoms with Gasteiger partial charge < -0.3 is 23.8 Å². The Morgan fingerprint density at radius 3 is 2.49 bits per heavy atom. The molecule has 3 heterocycles. The largest absolute Gasteiger partial charge is 0.494 e. The molecule has 1 aromatic heterocycles. The van der Waals surface area contributed by atoms with Crippen molar-refractivity contribution >= 4 is 5.97 Å². The molecule has 11 nitrogen and oxygen atoms in total. The van der Waals surface area contributed by atoms with Gasteiger partial charge in [0.05, 0.1) is 49.9 Å². The molecule has 2 aromatic carbocycles. The first kappa shape index (κ1) is 33.4. The number of halogens is 5. The van der Waals surface area contributed by atoms with Gasteiger partial charge in [-0.05, 0) is 36.8 Å². The highest BCUT2D eigenvalue weighted by Gasteiger charge is 2.48. The average molecular weight is 662 g/mol. The number of nitrogens with zero attached hydrogens (tertiary/aromatic N) is 5. The smallest absolute Gasteiger partial charge is 0.417 e. The zero-order chi connectivity index (χ0) is 33.8. The summed E-state index contributed by atoms with van der Waals surface area (Å²) >= 11 is 0. The van der Waals surface area contributed by atoms with Crippen molar-refractivity contribution in [1.29, 1.82) is 0 Å². The van der Waals surface area contributed by atoms with Gasteiger partial charge in [0, 0.05) is 25.2 Å². The number of imidazole rings is 1. The molecule has 248 valence electrons. The predicted octanol–water partition coefficient (Wildman–Crippen LogP) is 6.07. The second-order valence-electron chi connectivity index (χ2n) is 10.3. The Morgan fingerprint density at radius 1 is 0.979 bits per heavy atom. The zero-order valence-corrected chi connectivity index (χ0v) is 25.1. The van der Waals surface area contributed by atoms with Gasteiger partial charge in [0.15, 0.2) is 23.2 Å². The first-order chi connectivity index (χ1) is 22.5. The number of hydrogen-bond donors (Lipinski definition) is 1. The normalized spacial score (nSPS) is 13.2. The van der Waals surface area contributed by atoms with E-state index in [1.54, 1.807) is 0 Å². The van der Waals surface area contributed by atoms with E-state index in [9.17, 15) is 31.9 Å². The first-order valence-corrected chi connectivity index (χ1v) is 14.3. The monoisotopic (exact) mass is 661 g/mol. The van der Waals surface area contributed by atoms with Gasteiger partial charge in [0.25, 0.3) is 0 Å². The number of carboxylic acids is 1. The van der Waals surface area contributed by atoms with Crippen molar-refractivity contribution in [1.82, 2.24) is 24.9 Å². The van der Waals surface area contributed by atoms with Crippen LogP contribution in [0.5, 0.6) is 5.75 Å². The van der Waals surface area contributed by atoms with Gasteiger partial charge in [-0.25, -0.2) is 28.2 Å². The molecule has 2 aliphatic heterocycles. The van der Waals surface area contributed by atoms with Crippen LogP contribution in [-0.4, -0.2) is 69.5 Å². The summed E-state index contributed by atoms with van der Waals surface area (Å²) in [7, 11) is 1.46. The van der Waals surface area contributed by atoms with Crippen LogP contribution < -0.4 is 4.74 Å². The molecule has 0 aliphatic carbocycles. The minimum atomic E-state index is -4.81. The van der Waals surface area contributed by atoms with Gasteiger partial charge in [0.2, 0.25) is 5.54 Å². The number of carbonyl (C=O) groups is 1. The lowest BCUT2D eigenvalue weighted by molar-refractivity contribution is -0.148. The highest BCUT2D eigenvalue weighted by molar-refractivity contribution is 5.81. The number of hydrogen-bond acceptors (Lipinski definition) is 9. The highest BCUT2D eigenvalue weighted by Crippen LogP contribution is 2.41. The minimum absolute atomic E-state index is 0.00101. The Labute approximate surface area is 264 Å². The summed E-state index contributed by atoms with van der Waals surface area (Å²) in [4.78, 5) is 21.6. The number of ether oxygens (including phenoxy) is 3. The Morgan fingerprint density at radius 2 is 1.77 bits per heavy atom. The number of aliphatic carboxylic acids is 1. The Hall–Kier alpha value is -4.96. The lowest BCUT2D eigenvalue weighted by Crippen LogP contribution is -2.45. The number of fused-ring (bicyclic) bond motifs is 1. The van der Waals surface area contributed by atoms with E-state index < -0.39 is 34.9 Å². The summed E-state index contributed by atoms with van der Waals surface area (Å²) in [6.07, 6.45) is -2.19. The van der Waals surface area contributed by atoms with Gasteiger partial charge in [-0.2, -0.15) is 18.3 Å². The van der Waals surface area contributed by atoms with E-state index in [0.717, 1.165) is 28.9 Å². The number of rotatable bonds is 14. The van der Waals surface area contributed by atoms with Crippen LogP contribution in [0.3, 0.4) is 0 Å². The molecular weight excluding hydrogens is 633 g/mol. The molecule has 0 fully saturated rings. The van der Waals surface area contributed by atoms with Gasteiger partial charge >= 0.3 is 12.1 Å². The van der Waals surface area contributed by atoms with Crippen molar-refractivity contribution in [3.63, 3.8) is 0 Å². The van der Waals surface area contributed by atoms with E-state index in [2.05, 4.69) is 20.2 Å². The molecule has 0 saturated carbocycles. The molecule has 1 atom stereocenters. The molecule has 1 N–H and O–H groups in total. The van der Waals surface area contributed by atoms with Crippen LogP contribution in [0.1, 0.15) is 31.1 Å². The molecule has 0 saturated heterocycles. The van der Waals surface area contributed by atoms with Crippen molar-refractivity contribution < 1.29 is 50.6 Å². The third-order valence-corrected chi connectivity index (χ3v) is 7.20. The summed E-state index contributed by atoms with van der Waals surface area (Å²) in [5, 5.41) is 18.7. The van der Waals surface area contributed by atoms with E-state index in [-0.39, 0.29) is 78.4 Å². The summed E-state index contributed by atoms with van der Waals surface area (Å²) in [6.45, 7) is 2.17. The molecule has 16 heteroatoms. The number of aromatic nitrogens is 5. The standard InChI is InChI=1S/C31H28F5N5O6/c1-3-10-46-18-7-8-19(21(14-18)31(34,35)36)23-15-26(47-40-23)30(29(42)43,9-11-45-13-12-44-2)41-17-25-24(16-37-41)38-28(39-25)20-5-4-6-22(32)27(20)33/h4-8,14-17H,3,9-13H2,1-2H3,(H,42,43). The van der Waals surface area contributed by atoms with E-state index in [0.29, 0.717) is 6.42 Å². The molecule has 5 rings (SSSR count). The van der Waals surface area contributed by atoms with Gasteiger partial charge in [-0.3, -0.25) is 0 Å². The Kier molecular flexibility index (Phi) is 9.81. The summed E-state index contributed by atoms with van der Waals surface area (Å²) in [6, 6.07) is 7.93. The third kappa shape index (κ3) is 6.78. The van der Waals surface area contributed by atoms with Crippen LogP contribution >= 0.6 is 0 Å². The van der Waals surface area contributed by atoms with Crippen molar-refractivity contribution in [2.45, 2.75) is 31.5 Å². The molecule has 0 radical (unpaired) electrons. The van der Waals surface area contributed by atoms with Crippen molar-refractivity contribution in [2.24, 2.45) is 0 Å². The van der Waals surface area contributed by atoms with Crippen LogP contribution in [0.2, 0.25) is 0 Å². The fraction of sp³-hybridized carbons (Fsp3) is 0.323. The van der Waals surface area contributed by atoms with E-state index in [1.807, 2.05) is 6.92 Å². The van der Waals surface area contributed by atoms with Crippen LogP contribution in [0.4, 0.5) is 22.0 Å². The topological polar surface area (TPSA) is 135 Å². The number of methoxy groups -OCH3 is 1. The molecular formula is C31H28F5N5O6. The number of benzene rings is 2. The van der Waals surface area contributed by atoms with Crippen LogP contribution in [0.15, 0.2) is 59.4 Å². The lowest BCUT2D eigenvalue weighted by Gasteiger charge is -2.28. The average Bonchev–Trinajstić information content (AvgIpc) is 3.70. The van der Waals surface area contributed by atoms with Gasteiger partial charge in [-0.1, -0.05) is 18.1 Å². The molecule has 1 unspecified atom stereocenters. The molecule has 3 aromatic rings. The molecule has 0 bridgehead atoms. The summed E-state index contributed by atoms with van der Waals surface area (Å²) in [5.41, 5.74) is -3.98. The van der Waals surface area contributed by atoms with Crippen LogP contribution in [0, 0.1) is 11.6 Å². The molecule has 47 heavy (non-hydrogen) atoms. The molecule has 0 amide bonds. The van der Waals surface area contributed by atoms with Crippen molar-refractivity contribution in [3.05, 3.63) is 77.8 Å². The van der Waals surface area contributed by atoms with Crippen LogP contribution in [0.25, 0.3) is 34.0 Å². The Balaban J connectivity index is 1.61. The van der Waals surface area contributed by atoms with E-state index in [1.165, 1.54) is 37.7 Å². The second-order valence-corrected chi connectivity index (χ2v) is 10.3. The highest BCUT2D eigenvalue weighted by atomic mass is 19.4. The Bertz CT molecular complexity index is 1830. The SMILES string of the molecule is CCCOc1ccc(-c2cc(C(CCOCCOC)(C(=O)O)n3cc4nc(-c5cccc(F)c5F)nc-4cn3)on2)c(C(F)(F)F)c1. The lowest BCUT2D eigenvalue weighted by atomic mass is 9.91. The molecule has 2 aliphatic rings. The van der Waals surface area contributed by atoms with Gasteiger partial charge in [-0.15, -0.1) is 0 Å². The third-order valence-electron chi connectivity index (χ3n) is 7.20. The maximum atomic E-state index is 14.5. The predicted molar refractivity (Wildman–Crippen MR) is 155 cm³/mol. The fourth-order valence-corrected chi connectivity index (χ4v) is 4.84. The maximum Gasteiger partial charge on any atom is 0.417 e. The number of alkyl halides is 3. The van der Waals surface area contributed by atoms with Gasteiger partial charge in [0.1, 0.15) is 22.8 Å². The zero-order valence-electron chi connectivity index (χ0n) is 25.1. The summed E-state index contributed by atoms with van der Waals surface area (Å²) < 4.78 is 93.1. The van der Waals surface area contributed by atoms with E-state index >= 15 is 0 Å².